The van der Waals surface area contributed by atoms with E-state index in [1.165, 1.54) is 0 Å². The van der Waals surface area contributed by atoms with Gasteiger partial charge in [0.1, 0.15) is 0 Å². The lowest BCUT2D eigenvalue weighted by atomic mass is 10.1. The van der Waals surface area contributed by atoms with Gasteiger partial charge in [0.15, 0.2) is 0 Å². The summed E-state index contributed by atoms with van der Waals surface area (Å²) in [6.07, 6.45) is 3.17. The number of benzene rings is 1. The topological polar surface area (TPSA) is 69.6 Å². The molecule has 19 heavy (non-hydrogen) atoms. The molecule has 6 heteroatoms. The van der Waals surface area contributed by atoms with Crippen LogP contribution in [-0.4, -0.2) is 31.6 Å². The highest BCUT2D eigenvalue weighted by atomic mass is 32.2. The van der Waals surface area contributed by atoms with E-state index >= 15 is 0 Å². The fourth-order valence-electron chi connectivity index (χ4n) is 2.33. The van der Waals surface area contributed by atoms with E-state index in [0.717, 1.165) is 32.4 Å². The Labute approximate surface area is 114 Å². The van der Waals surface area contributed by atoms with Crippen molar-refractivity contribution in [3.8, 4) is 0 Å². The van der Waals surface area contributed by atoms with Crippen molar-refractivity contribution < 1.29 is 13.5 Å². The SMILES string of the molecule is Cc1c(CO)cccc1S(=O)(=O)NN1CCCCC1. The van der Waals surface area contributed by atoms with Gasteiger partial charge >= 0.3 is 0 Å². The van der Waals surface area contributed by atoms with Gasteiger partial charge in [0.25, 0.3) is 10.0 Å². The highest BCUT2D eigenvalue weighted by Gasteiger charge is 2.22. The van der Waals surface area contributed by atoms with Gasteiger partial charge in [-0.1, -0.05) is 18.6 Å². The van der Waals surface area contributed by atoms with Crippen molar-refractivity contribution in [2.75, 3.05) is 13.1 Å². The molecule has 1 aliphatic heterocycles. The van der Waals surface area contributed by atoms with Crippen molar-refractivity contribution in [2.24, 2.45) is 0 Å². The van der Waals surface area contributed by atoms with Crippen LogP contribution < -0.4 is 4.83 Å². The Morgan fingerprint density at radius 2 is 1.95 bits per heavy atom. The molecule has 0 aromatic heterocycles. The normalized spacial score (nSPS) is 17.6. The number of hydrogen-bond acceptors (Lipinski definition) is 4. The van der Waals surface area contributed by atoms with Gasteiger partial charge in [-0.2, -0.15) is 0 Å². The van der Waals surface area contributed by atoms with Crippen molar-refractivity contribution in [3.05, 3.63) is 29.3 Å². The maximum atomic E-state index is 12.4. The van der Waals surface area contributed by atoms with Crippen molar-refractivity contribution >= 4 is 10.0 Å². The number of piperidine rings is 1. The van der Waals surface area contributed by atoms with Crippen LogP contribution in [-0.2, 0) is 16.6 Å². The zero-order chi connectivity index (χ0) is 13.9. The van der Waals surface area contributed by atoms with Gasteiger partial charge < -0.3 is 5.11 Å². The molecule has 5 nitrogen and oxygen atoms in total. The van der Waals surface area contributed by atoms with Crippen LogP contribution in [0.25, 0.3) is 0 Å². The van der Waals surface area contributed by atoms with Crippen LogP contribution in [0.3, 0.4) is 0 Å². The molecule has 1 saturated heterocycles. The van der Waals surface area contributed by atoms with Crippen molar-refractivity contribution in [1.82, 2.24) is 9.84 Å². The summed E-state index contributed by atoms with van der Waals surface area (Å²) in [6, 6.07) is 4.96. The third kappa shape index (κ3) is 3.33. The van der Waals surface area contributed by atoms with Crippen molar-refractivity contribution in [2.45, 2.75) is 37.7 Å². The van der Waals surface area contributed by atoms with Gasteiger partial charge in [-0.3, -0.25) is 0 Å². The van der Waals surface area contributed by atoms with E-state index in [-0.39, 0.29) is 11.5 Å². The molecule has 0 radical (unpaired) electrons. The Bertz CT molecular complexity index is 537. The minimum Gasteiger partial charge on any atom is -0.392 e. The van der Waals surface area contributed by atoms with Gasteiger partial charge in [-0.25, -0.2) is 13.4 Å². The highest BCUT2D eigenvalue weighted by Crippen LogP contribution is 2.19. The van der Waals surface area contributed by atoms with E-state index in [1.54, 1.807) is 30.1 Å². The first-order valence-electron chi connectivity index (χ1n) is 6.51. The number of aliphatic hydroxyl groups excluding tert-OH is 1. The molecule has 0 unspecified atom stereocenters. The molecule has 0 saturated carbocycles. The second kappa shape index (κ2) is 6.00. The van der Waals surface area contributed by atoms with Gasteiger partial charge in [0.2, 0.25) is 0 Å². The molecule has 1 aliphatic rings. The van der Waals surface area contributed by atoms with Crippen LogP contribution in [0.5, 0.6) is 0 Å². The molecule has 1 heterocycles. The Morgan fingerprint density at radius 1 is 1.26 bits per heavy atom. The molecule has 106 valence electrons. The van der Waals surface area contributed by atoms with Gasteiger partial charge in [-0.05, 0) is 37.0 Å². The predicted octanol–water partition coefficient (Wildman–Crippen LogP) is 1.17. The lowest BCUT2D eigenvalue weighted by molar-refractivity contribution is 0.200. The smallest absolute Gasteiger partial charge is 0.253 e. The van der Waals surface area contributed by atoms with Crippen LogP contribution >= 0.6 is 0 Å². The summed E-state index contributed by atoms with van der Waals surface area (Å²) in [5.41, 5.74) is 1.25. The zero-order valence-electron chi connectivity index (χ0n) is 11.1. The number of rotatable bonds is 4. The summed E-state index contributed by atoms with van der Waals surface area (Å²) in [4.78, 5) is 2.87. The Hall–Kier alpha value is -0.950. The van der Waals surface area contributed by atoms with Crippen molar-refractivity contribution in [1.29, 1.82) is 0 Å². The van der Waals surface area contributed by atoms with Gasteiger partial charge in [0.05, 0.1) is 11.5 Å². The fraction of sp³-hybridized carbons (Fsp3) is 0.538. The number of hydrogen-bond donors (Lipinski definition) is 2. The molecule has 0 spiro atoms. The van der Waals surface area contributed by atoms with Crippen molar-refractivity contribution in [3.63, 3.8) is 0 Å². The monoisotopic (exact) mass is 284 g/mol. The van der Waals surface area contributed by atoms with Crippen LogP contribution in [0, 0.1) is 6.92 Å². The standard InChI is InChI=1S/C13H20N2O3S/c1-11-12(10-16)6-5-7-13(11)19(17,18)14-15-8-3-2-4-9-15/h5-7,14,16H,2-4,8-10H2,1H3. The third-order valence-corrected chi connectivity index (χ3v) is 4.98. The van der Waals surface area contributed by atoms with E-state index in [9.17, 15) is 13.5 Å². The third-order valence-electron chi connectivity index (χ3n) is 3.46. The summed E-state index contributed by atoms with van der Waals surface area (Å²) >= 11 is 0. The summed E-state index contributed by atoms with van der Waals surface area (Å²) < 4.78 is 24.7. The minimum atomic E-state index is -3.56. The van der Waals surface area contributed by atoms with Gasteiger partial charge in [0, 0.05) is 13.1 Å². The number of nitrogens with one attached hydrogen (secondary N) is 1. The number of aliphatic hydroxyl groups is 1. The largest absolute Gasteiger partial charge is 0.392 e. The maximum absolute atomic E-state index is 12.4. The zero-order valence-corrected chi connectivity index (χ0v) is 11.9. The first-order chi connectivity index (χ1) is 9.04. The van der Waals surface area contributed by atoms with E-state index in [4.69, 9.17) is 0 Å². The number of nitrogens with zero attached hydrogens (tertiary/aromatic N) is 1. The average molecular weight is 284 g/mol. The molecular formula is C13H20N2O3S. The Balaban J connectivity index is 2.23. The van der Waals surface area contributed by atoms with E-state index < -0.39 is 10.0 Å². The number of sulfonamides is 1. The Kier molecular flexibility index (Phi) is 4.57. The second-order valence-electron chi connectivity index (χ2n) is 4.84. The highest BCUT2D eigenvalue weighted by molar-refractivity contribution is 7.89. The summed E-state index contributed by atoms with van der Waals surface area (Å²) in [7, 11) is -3.56. The van der Waals surface area contributed by atoms with Crippen LogP contribution in [0.15, 0.2) is 23.1 Å². The van der Waals surface area contributed by atoms with Crippen LogP contribution in [0.1, 0.15) is 30.4 Å². The molecule has 1 aromatic rings. The predicted molar refractivity (Wildman–Crippen MR) is 72.8 cm³/mol. The molecule has 0 bridgehead atoms. The van der Waals surface area contributed by atoms with Crippen LogP contribution in [0.2, 0.25) is 0 Å². The summed E-state index contributed by atoms with van der Waals surface area (Å²) in [5, 5.41) is 11.0. The van der Waals surface area contributed by atoms with E-state index in [1.807, 2.05) is 0 Å². The molecule has 0 aliphatic carbocycles. The maximum Gasteiger partial charge on any atom is 0.253 e. The van der Waals surface area contributed by atoms with E-state index in [2.05, 4.69) is 4.83 Å². The number of hydrazine groups is 1. The lowest BCUT2D eigenvalue weighted by Gasteiger charge is -2.27. The fourth-order valence-corrected chi connectivity index (χ4v) is 3.74. The first-order valence-corrected chi connectivity index (χ1v) is 7.99. The average Bonchev–Trinajstić information content (AvgIpc) is 2.39. The molecule has 2 N–H and O–H groups in total. The first kappa shape index (κ1) is 14.5. The minimum absolute atomic E-state index is 0.154. The molecule has 1 fully saturated rings. The second-order valence-corrected chi connectivity index (χ2v) is 6.47. The Morgan fingerprint density at radius 3 is 2.58 bits per heavy atom. The summed E-state index contributed by atoms with van der Waals surface area (Å²) in [6.45, 7) is 3.06. The summed E-state index contributed by atoms with van der Waals surface area (Å²) in [5.74, 6) is 0. The van der Waals surface area contributed by atoms with E-state index in [0.29, 0.717) is 11.1 Å². The van der Waals surface area contributed by atoms with Crippen LogP contribution in [0.4, 0.5) is 0 Å². The molecule has 2 rings (SSSR count). The lowest BCUT2D eigenvalue weighted by Crippen LogP contribution is -2.45. The molecule has 0 amide bonds. The molecule has 1 aromatic carbocycles. The molecule has 0 atom stereocenters. The molecular weight excluding hydrogens is 264 g/mol. The van der Waals surface area contributed by atoms with Gasteiger partial charge in [-0.15, -0.1) is 4.83 Å². The quantitative estimate of drug-likeness (QED) is 0.870.